The number of nitrogens with zero attached hydrogens (tertiary/aromatic N) is 1. The van der Waals surface area contributed by atoms with E-state index >= 15 is 0 Å². The summed E-state index contributed by atoms with van der Waals surface area (Å²) in [6.45, 7) is 2.77. The summed E-state index contributed by atoms with van der Waals surface area (Å²) in [6, 6.07) is 5.93. The SMILES string of the molecule is CNC[C@@H]1CCCN(C(=O)CCc2cc(Br)ccc2OC)C1. The lowest BCUT2D eigenvalue weighted by Crippen LogP contribution is -2.42. The van der Waals surface area contributed by atoms with E-state index < -0.39 is 0 Å². The molecule has 0 bridgehead atoms. The van der Waals surface area contributed by atoms with Gasteiger partial charge in [0.2, 0.25) is 5.91 Å². The van der Waals surface area contributed by atoms with Crippen molar-refractivity contribution in [1.82, 2.24) is 10.2 Å². The maximum Gasteiger partial charge on any atom is 0.222 e. The minimum atomic E-state index is 0.253. The summed E-state index contributed by atoms with van der Waals surface area (Å²) < 4.78 is 6.39. The van der Waals surface area contributed by atoms with E-state index in [0.29, 0.717) is 18.8 Å². The first-order valence-electron chi connectivity index (χ1n) is 7.88. The van der Waals surface area contributed by atoms with Gasteiger partial charge in [-0.3, -0.25) is 4.79 Å². The minimum absolute atomic E-state index is 0.253. The van der Waals surface area contributed by atoms with Crippen LogP contribution in [-0.2, 0) is 11.2 Å². The second kappa shape index (κ2) is 8.53. The molecule has 1 aliphatic heterocycles. The van der Waals surface area contributed by atoms with Crippen LogP contribution in [0.4, 0.5) is 0 Å². The Labute approximate surface area is 141 Å². The molecule has 0 aliphatic carbocycles. The number of benzene rings is 1. The quantitative estimate of drug-likeness (QED) is 0.839. The average Bonchev–Trinajstić information content (AvgIpc) is 2.53. The molecule has 1 aromatic rings. The Morgan fingerprint density at radius 3 is 3.05 bits per heavy atom. The third-order valence-corrected chi connectivity index (χ3v) is 4.71. The molecule has 2 rings (SSSR count). The monoisotopic (exact) mass is 368 g/mol. The number of aryl methyl sites for hydroxylation is 1. The topological polar surface area (TPSA) is 41.6 Å². The lowest BCUT2D eigenvalue weighted by atomic mass is 9.97. The van der Waals surface area contributed by atoms with Crippen LogP contribution in [0.1, 0.15) is 24.8 Å². The molecule has 5 heteroatoms. The van der Waals surface area contributed by atoms with Gasteiger partial charge in [0.15, 0.2) is 0 Å². The largest absolute Gasteiger partial charge is 0.496 e. The Hall–Kier alpha value is -1.07. The van der Waals surface area contributed by atoms with E-state index in [9.17, 15) is 4.79 Å². The number of carbonyl (C=O) groups is 1. The van der Waals surface area contributed by atoms with Crippen LogP contribution in [0.15, 0.2) is 22.7 Å². The van der Waals surface area contributed by atoms with Gasteiger partial charge in [0.1, 0.15) is 5.75 Å². The lowest BCUT2D eigenvalue weighted by molar-refractivity contribution is -0.132. The molecule has 1 aromatic carbocycles. The Kier molecular flexibility index (Phi) is 6.70. The molecule has 0 saturated carbocycles. The summed E-state index contributed by atoms with van der Waals surface area (Å²) in [5, 5.41) is 3.22. The van der Waals surface area contributed by atoms with E-state index in [0.717, 1.165) is 41.8 Å². The predicted octanol–water partition coefficient (Wildman–Crippen LogP) is 2.85. The summed E-state index contributed by atoms with van der Waals surface area (Å²) in [5.41, 5.74) is 1.08. The van der Waals surface area contributed by atoms with Crippen molar-refractivity contribution in [3.63, 3.8) is 0 Å². The van der Waals surface area contributed by atoms with Gasteiger partial charge in [-0.25, -0.2) is 0 Å². The number of hydrogen-bond acceptors (Lipinski definition) is 3. The molecular formula is C17H25BrN2O2. The Morgan fingerprint density at radius 1 is 1.50 bits per heavy atom. The molecule has 0 spiro atoms. The zero-order valence-corrected chi connectivity index (χ0v) is 15.0. The first-order chi connectivity index (χ1) is 10.6. The molecule has 1 saturated heterocycles. The molecule has 22 heavy (non-hydrogen) atoms. The molecule has 122 valence electrons. The van der Waals surface area contributed by atoms with Gasteiger partial charge in [0.25, 0.3) is 0 Å². The van der Waals surface area contributed by atoms with Crippen molar-refractivity contribution in [2.24, 2.45) is 5.92 Å². The number of rotatable bonds is 6. The van der Waals surface area contributed by atoms with Crippen LogP contribution in [0.5, 0.6) is 5.75 Å². The summed E-state index contributed by atoms with van der Waals surface area (Å²) in [4.78, 5) is 14.5. The number of carbonyl (C=O) groups excluding carboxylic acids is 1. The number of amides is 1. The van der Waals surface area contributed by atoms with Crippen LogP contribution >= 0.6 is 15.9 Å². The number of piperidine rings is 1. The second-order valence-electron chi connectivity index (χ2n) is 5.86. The molecule has 1 fully saturated rings. The van der Waals surface area contributed by atoms with Crippen molar-refractivity contribution in [2.45, 2.75) is 25.7 Å². The number of halogens is 1. The van der Waals surface area contributed by atoms with Crippen molar-refractivity contribution < 1.29 is 9.53 Å². The molecule has 0 aromatic heterocycles. The van der Waals surface area contributed by atoms with E-state index in [2.05, 4.69) is 21.2 Å². The maximum absolute atomic E-state index is 12.5. The third kappa shape index (κ3) is 4.71. The van der Waals surface area contributed by atoms with Crippen molar-refractivity contribution in [1.29, 1.82) is 0 Å². The van der Waals surface area contributed by atoms with Crippen LogP contribution in [0.2, 0.25) is 0 Å². The Balaban J connectivity index is 1.91. The van der Waals surface area contributed by atoms with Crippen molar-refractivity contribution in [2.75, 3.05) is 33.8 Å². The molecule has 4 nitrogen and oxygen atoms in total. The predicted molar refractivity (Wildman–Crippen MR) is 92.2 cm³/mol. The van der Waals surface area contributed by atoms with Gasteiger partial charge in [-0.05, 0) is 62.5 Å². The number of ether oxygens (including phenoxy) is 1. The van der Waals surface area contributed by atoms with Gasteiger partial charge in [-0.15, -0.1) is 0 Å². The third-order valence-electron chi connectivity index (χ3n) is 4.22. The fourth-order valence-corrected chi connectivity index (χ4v) is 3.50. The number of nitrogens with one attached hydrogen (secondary N) is 1. The minimum Gasteiger partial charge on any atom is -0.496 e. The average molecular weight is 369 g/mol. The number of methoxy groups -OCH3 is 1. The Bertz CT molecular complexity index is 505. The molecular weight excluding hydrogens is 344 g/mol. The zero-order valence-electron chi connectivity index (χ0n) is 13.4. The van der Waals surface area contributed by atoms with Crippen LogP contribution in [0, 0.1) is 5.92 Å². The number of hydrogen-bond donors (Lipinski definition) is 1. The first-order valence-corrected chi connectivity index (χ1v) is 8.68. The molecule has 1 N–H and O–H groups in total. The second-order valence-corrected chi connectivity index (χ2v) is 6.78. The summed E-state index contributed by atoms with van der Waals surface area (Å²) in [6.07, 6.45) is 3.58. The fourth-order valence-electron chi connectivity index (χ4n) is 3.09. The standard InChI is InChI=1S/C17H25BrN2O2/c1-19-11-13-4-3-9-20(12-13)17(21)8-5-14-10-15(18)6-7-16(14)22-2/h6-7,10,13,19H,3-5,8-9,11-12H2,1-2H3/t13-/m0/s1. The van der Waals surface area contributed by atoms with E-state index in [1.54, 1.807) is 7.11 Å². The molecule has 1 atom stereocenters. The molecule has 0 radical (unpaired) electrons. The highest BCUT2D eigenvalue weighted by atomic mass is 79.9. The number of likely N-dealkylation sites (tertiary alicyclic amines) is 1. The van der Waals surface area contributed by atoms with E-state index in [-0.39, 0.29) is 5.91 Å². The first kappa shape index (κ1) is 17.3. The highest BCUT2D eigenvalue weighted by Crippen LogP contribution is 2.25. The van der Waals surface area contributed by atoms with Crippen LogP contribution < -0.4 is 10.1 Å². The van der Waals surface area contributed by atoms with Crippen molar-refractivity contribution in [3.8, 4) is 5.75 Å². The maximum atomic E-state index is 12.5. The van der Waals surface area contributed by atoms with Gasteiger partial charge in [0, 0.05) is 24.0 Å². The van der Waals surface area contributed by atoms with Crippen LogP contribution in [-0.4, -0.2) is 44.6 Å². The summed E-state index contributed by atoms with van der Waals surface area (Å²) in [7, 11) is 3.64. The van der Waals surface area contributed by atoms with Crippen LogP contribution in [0.3, 0.4) is 0 Å². The van der Waals surface area contributed by atoms with Gasteiger partial charge in [-0.1, -0.05) is 15.9 Å². The van der Waals surface area contributed by atoms with Crippen LogP contribution in [0.25, 0.3) is 0 Å². The van der Waals surface area contributed by atoms with Gasteiger partial charge in [-0.2, -0.15) is 0 Å². The molecule has 1 aliphatic rings. The van der Waals surface area contributed by atoms with Crippen molar-refractivity contribution >= 4 is 21.8 Å². The van der Waals surface area contributed by atoms with Gasteiger partial charge < -0.3 is 15.0 Å². The summed E-state index contributed by atoms with van der Waals surface area (Å²) >= 11 is 3.48. The van der Waals surface area contributed by atoms with E-state index in [1.165, 1.54) is 6.42 Å². The molecule has 1 amide bonds. The fraction of sp³-hybridized carbons (Fsp3) is 0.588. The molecule has 0 unspecified atom stereocenters. The van der Waals surface area contributed by atoms with E-state index in [1.807, 2.05) is 30.1 Å². The van der Waals surface area contributed by atoms with E-state index in [4.69, 9.17) is 4.74 Å². The molecule has 1 heterocycles. The van der Waals surface area contributed by atoms with Gasteiger partial charge >= 0.3 is 0 Å². The zero-order chi connectivity index (χ0) is 15.9. The highest BCUT2D eigenvalue weighted by molar-refractivity contribution is 9.10. The smallest absolute Gasteiger partial charge is 0.222 e. The summed E-state index contributed by atoms with van der Waals surface area (Å²) in [5.74, 6) is 1.69. The highest BCUT2D eigenvalue weighted by Gasteiger charge is 2.23. The van der Waals surface area contributed by atoms with Crippen molar-refractivity contribution in [3.05, 3.63) is 28.2 Å². The normalized spacial score (nSPS) is 18.3. The Morgan fingerprint density at radius 2 is 2.32 bits per heavy atom. The van der Waals surface area contributed by atoms with Gasteiger partial charge in [0.05, 0.1) is 7.11 Å². The lowest BCUT2D eigenvalue weighted by Gasteiger charge is -2.32.